The van der Waals surface area contributed by atoms with Crippen LogP contribution in [0.4, 0.5) is 5.69 Å². The standard InChI is InChI=1S/C20H25N3O3S.ClH/c1-14-7-8-15(2)19(13-14)27(25,26)23-18-6-4-3-5-17(18)20(24)22-16-9-11-21-12-10-16;/h3-8,13,16,21,23H,9-12H2,1-2H3,(H,22,24);1H. The van der Waals surface area contributed by atoms with E-state index in [1.807, 2.05) is 13.0 Å². The van der Waals surface area contributed by atoms with Crippen LogP contribution < -0.4 is 15.4 Å². The Kier molecular flexibility index (Phi) is 7.46. The van der Waals surface area contributed by atoms with Gasteiger partial charge in [-0.15, -0.1) is 12.4 Å². The van der Waals surface area contributed by atoms with Gasteiger partial charge in [0.2, 0.25) is 0 Å². The van der Waals surface area contributed by atoms with Gasteiger partial charge in [0.1, 0.15) is 0 Å². The van der Waals surface area contributed by atoms with Crippen LogP contribution in [-0.2, 0) is 10.0 Å². The molecule has 1 fully saturated rings. The highest BCUT2D eigenvalue weighted by Gasteiger charge is 2.22. The molecule has 0 bridgehead atoms. The zero-order chi connectivity index (χ0) is 19.4. The predicted molar refractivity (Wildman–Crippen MR) is 114 cm³/mol. The lowest BCUT2D eigenvalue weighted by molar-refractivity contribution is 0.0930. The highest BCUT2D eigenvalue weighted by molar-refractivity contribution is 7.92. The Hall–Kier alpha value is -2.09. The zero-order valence-corrected chi connectivity index (χ0v) is 17.6. The first-order chi connectivity index (χ1) is 12.9. The highest BCUT2D eigenvalue weighted by atomic mass is 35.5. The Morgan fingerprint density at radius 3 is 2.46 bits per heavy atom. The Morgan fingerprint density at radius 2 is 1.75 bits per heavy atom. The smallest absolute Gasteiger partial charge is 0.262 e. The van der Waals surface area contributed by atoms with Crippen molar-refractivity contribution in [1.82, 2.24) is 10.6 Å². The molecule has 152 valence electrons. The van der Waals surface area contributed by atoms with Crippen LogP contribution in [0.3, 0.4) is 0 Å². The van der Waals surface area contributed by atoms with E-state index in [0.29, 0.717) is 11.1 Å². The van der Waals surface area contributed by atoms with Crippen molar-refractivity contribution < 1.29 is 13.2 Å². The van der Waals surface area contributed by atoms with E-state index >= 15 is 0 Å². The number of piperidine rings is 1. The summed E-state index contributed by atoms with van der Waals surface area (Å²) in [7, 11) is -3.80. The zero-order valence-electron chi connectivity index (χ0n) is 16.0. The molecule has 0 unspecified atom stereocenters. The molecule has 0 atom stereocenters. The van der Waals surface area contributed by atoms with Gasteiger partial charge in [0.15, 0.2) is 0 Å². The molecule has 2 aromatic rings. The van der Waals surface area contributed by atoms with Crippen molar-refractivity contribution in [2.45, 2.75) is 37.6 Å². The quantitative estimate of drug-likeness (QED) is 0.689. The summed E-state index contributed by atoms with van der Waals surface area (Å²) in [4.78, 5) is 12.9. The molecule has 1 heterocycles. The first-order valence-corrected chi connectivity index (χ1v) is 10.6. The number of halogens is 1. The van der Waals surface area contributed by atoms with Crippen molar-refractivity contribution in [1.29, 1.82) is 0 Å². The summed E-state index contributed by atoms with van der Waals surface area (Å²) in [5, 5.41) is 6.26. The molecule has 1 aliphatic rings. The van der Waals surface area contributed by atoms with Crippen molar-refractivity contribution in [2.24, 2.45) is 0 Å². The third-order valence-corrected chi connectivity index (χ3v) is 6.23. The van der Waals surface area contributed by atoms with Gasteiger partial charge in [-0.1, -0.05) is 24.3 Å². The molecular formula is C20H26ClN3O3S. The normalized spacial score (nSPS) is 14.8. The van der Waals surface area contributed by atoms with Gasteiger partial charge in [0, 0.05) is 6.04 Å². The maximum atomic E-state index is 12.9. The summed E-state index contributed by atoms with van der Waals surface area (Å²) in [5.41, 5.74) is 2.12. The molecule has 0 radical (unpaired) electrons. The van der Waals surface area contributed by atoms with E-state index in [1.54, 1.807) is 43.3 Å². The minimum absolute atomic E-state index is 0. The van der Waals surface area contributed by atoms with Gasteiger partial charge >= 0.3 is 0 Å². The van der Waals surface area contributed by atoms with Gasteiger partial charge in [-0.25, -0.2) is 8.42 Å². The SMILES string of the molecule is Cc1ccc(C)c(S(=O)(=O)Nc2ccccc2C(=O)NC2CCNCC2)c1.Cl. The number of benzene rings is 2. The Labute approximate surface area is 172 Å². The van der Waals surface area contributed by atoms with Gasteiger partial charge in [0.25, 0.3) is 15.9 Å². The second-order valence-electron chi connectivity index (χ2n) is 6.92. The van der Waals surface area contributed by atoms with Crippen LogP contribution >= 0.6 is 12.4 Å². The summed E-state index contributed by atoms with van der Waals surface area (Å²) < 4.78 is 28.4. The fourth-order valence-electron chi connectivity index (χ4n) is 3.20. The van der Waals surface area contributed by atoms with Crippen molar-refractivity contribution in [3.05, 3.63) is 59.2 Å². The number of carbonyl (C=O) groups is 1. The van der Waals surface area contributed by atoms with Gasteiger partial charge < -0.3 is 10.6 Å². The number of hydrogen-bond acceptors (Lipinski definition) is 4. The molecule has 1 amide bonds. The number of para-hydroxylation sites is 1. The van der Waals surface area contributed by atoms with Crippen LogP contribution in [0.1, 0.15) is 34.3 Å². The number of hydrogen-bond donors (Lipinski definition) is 3. The summed E-state index contributed by atoms with van der Waals surface area (Å²) in [6, 6.07) is 12.1. The molecule has 1 saturated heterocycles. The summed E-state index contributed by atoms with van der Waals surface area (Å²) in [5.74, 6) is -0.263. The molecule has 3 N–H and O–H groups in total. The van der Waals surface area contributed by atoms with E-state index in [1.165, 1.54) is 0 Å². The van der Waals surface area contributed by atoms with E-state index in [2.05, 4.69) is 15.4 Å². The van der Waals surface area contributed by atoms with Gasteiger partial charge in [-0.3, -0.25) is 9.52 Å². The van der Waals surface area contributed by atoms with Crippen LogP contribution in [0, 0.1) is 13.8 Å². The van der Waals surface area contributed by atoms with E-state index in [4.69, 9.17) is 0 Å². The molecule has 2 aromatic carbocycles. The maximum absolute atomic E-state index is 12.9. The lowest BCUT2D eigenvalue weighted by Crippen LogP contribution is -2.42. The second kappa shape index (κ2) is 9.41. The summed E-state index contributed by atoms with van der Waals surface area (Å²) in [6.45, 7) is 5.33. The number of carbonyl (C=O) groups excluding carboxylic acids is 1. The first-order valence-electron chi connectivity index (χ1n) is 9.07. The predicted octanol–water partition coefficient (Wildman–Crippen LogP) is 3.01. The molecular weight excluding hydrogens is 398 g/mol. The molecule has 1 aliphatic heterocycles. The average molecular weight is 424 g/mol. The molecule has 6 nitrogen and oxygen atoms in total. The first kappa shape index (κ1) is 22.2. The topological polar surface area (TPSA) is 87.3 Å². The van der Waals surface area contributed by atoms with Gasteiger partial charge in [-0.05, 0) is 69.1 Å². The van der Waals surface area contributed by atoms with Crippen molar-refractivity contribution in [2.75, 3.05) is 17.8 Å². The lowest BCUT2D eigenvalue weighted by Gasteiger charge is -2.24. The summed E-state index contributed by atoms with van der Waals surface area (Å²) in [6.07, 6.45) is 1.73. The van der Waals surface area contributed by atoms with Crippen LogP contribution in [0.2, 0.25) is 0 Å². The average Bonchev–Trinajstić information content (AvgIpc) is 2.64. The monoisotopic (exact) mass is 423 g/mol. The number of amides is 1. The molecule has 8 heteroatoms. The third kappa shape index (κ3) is 5.25. The van der Waals surface area contributed by atoms with E-state index < -0.39 is 10.0 Å². The molecule has 0 saturated carbocycles. The molecule has 0 aromatic heterocycles. The number of anilines is 1. The van der Waals surface area contributed by atoms with Crippen molar-refractivity contribution in [3.8, 4) is 0 Å². The maximum Gasteiger partial charge on any atom is 0.262 e. The minimum atomic E-state index is -3.80. The van der Waals surface area contributed by atoms with Crippen molar-refractivity contribution in [3.63, 3.8) is 0 Å². The van der Waals surface area contributed by atoms with Crippen molar-refractivity contribution >= 4 is 34.0 Å². The fourth-order valence-corrected chi connectivity index (χ4v) is 4.61. The number of rotatable bonds is 5. The van der Waals surface area contributed by atoms with Gasteiger partial charge in [0.05, 0.1) is 16.1 Å². The van der Waals surface area contributed by atoms with E-state index in [-0.39, 0.29) is 34.9 Å². The number of sulfonamides is 1. The Morgan fingerprint density at radius 1 is 1.07 bits per heavy atom. The Bertz CT molecular complexity index is 941. The van der Waals surface area contributed by atoms with Crippen LogP contribution in [-0.4, -0.2) is 33.5 Å². The highest BCUT2D eigenvalue weighted by Crippen LogP contribution is 2.23. The van der Waals surface area contributed by atoms with E-state index in [0.717, 1.165) is 31.5 Å². The summed E-state index contributed by atoms with van der Waals surface area (Å²) >= 11 is 0. The molecule has 28 heavy (non-hydrogen) atoms. The second-order valence-corrected chi connectivity index (χ2v) is 8.57. The largest absolute Gasteiger partial charge is 0.349 e. The molecule has 0 aliphatic carbocycles. The molecule has 0 spiro atoms. The number of aryl methyl sites for hydroxylation is 2. The Balaban J connectivity index is 0.00000280. The molecule has 3 rings (SSSR count). The third-order valence-electron chi connectivity index (χ3n) is 4.72. The van der Waals surface area contributed by atoms with E-state index in [9.17, 15) is 13.2 Å². The van der Waals surface area contributed by atoms with Gasteiger partial charge in [-0.2, -0.15) is 0 Å². The van der Waals surface area contributed by atoms with Crippen LogP contribution in [0.15, 0.2) is 47.4 Å². The minimum Gasteiger partial charge on any atom is -0.349 e. The van der Waals surface area contributed by atoms with Crippen LogP contribution in [0.25, 0.3) is 0 Å². The van der Waals surface area contributed by atoms with Crippen LogP contribution in [0.5, 0.6) is 0 Å². The lowest BCUT2D eigenvalue weighted by atomic mass is 10.1. The fraction of sp³-hybridized carbons (Fsp3) is 0.350. The number of nitrogens with one attached hydrogen (secondary N) is 3.